The van der Waals surface area contributed by atoms with Gasteiger partial charge in [-0.25, -0.2) is 8.42 Å². The van der Waals surface area contributed by atoms with Crippen LogP contribution in [0.25, 0.3) is 0 Å². The Balaban J connectivity index is 0.00000289. The molecule has 0 radical (unpaired) electrons. The van der Waals surface area contributed by atoms with Crippen LogP contribution in [0.1, 0.15) is 27.2 Å². The Morgan fingerprint density at radius 2 is 1.94 bits per heavy atom. The van der Waals surface area contributed by atoms with Gasteiger partial charge in [-0.05, 0) is 32.7 Å². The van der Waals surface area contributed by atoms with E-state index in [9.17, 15) is 13.2 Å². The fourth-order valence-corrected chi connectivity index (χ4v) is 2.09. The first-order valence-corrected chi connectivity index (χ1v) is 7.76. The standard InChI is InChI=1S/C11H22N2O3S.ClH/c1-8-5-6-12-7-9(8)13-10(14)11(2,3)17(4,15)16;/h8-9,12H,5-7H2,1-4H3,(H,13,14);1H. The van der Waals surface area contributed by atoms with E-state index >= 15 is 0 Å². The number of hydrogen-bond acceptors (Lipinski definition) is 4. The highest BCUT2D eigenvalue weighted by molar-refractivity contribution is 7.92. The third kappa shape index (κ3) is 3.83. The monoisotopic (exact) mass is 298 g/mol. The van der Waals surface area contributed by atoms with Gasteiger partial charge in [-0.3, -0.25) is 4.79 Å². The van der Waals surface area contributed by atoms with Crippen molar-refractivity contribution in [3.63, 3.8) is 0 Å². The molecule has 2 unspecified atom stereocenters. The van der Waals surface area contributed by atoms with Crippen molar-refractivity contribution in [2.75, 3.05) is 19.3 Å². The van der Waals surface area contributed by atoms with Crippen molar-refractivity contribution in [3.05, 3.63) is 0 Å². The van der Waals surface area contributed by atoms with Crippen LogP contribution >= 0.6 is 12.4 Å². The van der Waals surface area contributed by atoms with Crippen LogP contribution in [0.3, 0.4) is 0 Å². The quantitative estimate of drug-likeness (QED) is 0.788. The minimum absolute atomic E-state index is 0. The van der Waals surface area contributed by atoms with Gasteiger partial charge in [0.25, 0.3) is 0 Å². The van der Waals surface area contributed by atoms with Crippen LogP contribution in [0.2, 0.25) is 0 Å². The molecule has 1 rings (SSSR count). The Bertz CT molecular complexity index is 395. The first-order valence-electron chi connectivity index (χ1n) is 5.87. The van der Waals surface area contributed by atoms with Gasteiger partial charge in [0.1, 0.15) is 4.75 Å². The summed E-state index contributed by atoms with van der Waals surface area (Å²) in [7, 11) is -3.40. The summed E-state index contributed by atoms with van der Waals surface area (Å²) in [5.74, 6) is -0.0453. The predicted molar refractivity (Wildman–Crippen MR) is 74.8 cm³/mol. The van der Waals surface area contributed by atoms with E-state index in [1.54, 1.807) is 0 Å². The SMILES string of the molecule is CC1CCNCC1NC(=O)C(C)(C)S(C)(=O)=O.Cl. The van der Waals surface area contributed by atoms with Gasteiger partial charge in [-0.2, -0.15) is 0 Å². The second kappa shape index (κ2) is 6.21. The van der Waals surface area contributed by atoms with Gasteiger partial charge in [0.2, 0.25) is 5.91 Å². The lowest BCUT2D eigenvalue weighted by atomic mass is 9.94. The number of amides is 1. The highest BCUT2D eigenvalue weighted by Crippen LogP contribution is 2.17. The summed E-state index contributed by atoms with van der Waals surface area (Å²) in [6.45, 7) is 6.60. The highest BCUT2D eigenvalue weighted by Gasteiger charge is 2.40. The normalized spacial score (nSPS) is 25.1. The number of rotatable bonds is 3. The summed E-state index contributed by atoms with van der Waals surface area (Å²) in [4.78, 5) is 12.0. The van der Waals surface area contributed by atoms with Crippen molar-refractivity contribution in [1.82, 2.24) is 10.6 Å². The third-order valence-corrected chi connectivity index (χ3v) is 5.66. The lowest BCUT2D eigenvalue weighted by Crippen LogP contribution is -2.56. The number of carbonyl (C=O) groups excluding carboxylic acids is 1. The third-order valence-electron chi connectivity index (χ3n) is 3.62. The van der Waals surface area contributed by atoms with Gasteiger partial charge in [-0.1, -0.05) is 6.92 Å². The van der Waals surface area contributed by atoms with Crippen LogP contribution in [-0.4, -0.2) is 44.5 Å². The minimum atomic E-state index is -3.40. The van der Waals surface area contributed by atoms with Gasteiger partial charge in [0.05, 0.1) is 0 Å². The van der Waals surface area contributed by atoms with Crippen molar-refractivity contribution in [3.8, 4) is 0 Å². The molecule has 0 aromatic rings. The number of sulfone groups is 1. The van der Waals surface area contributed by atoms with E-state index in [1.807, 2.05) is 0 Å². The molecule has 7 heteroatoms. The lowest BCUT2D eigenvalue weighted by molar-refractivity contribution is -0.124. The molecule has 0 aliphatic carbocycles. The topological polar surface area (TPSA) is 75.3 Å². The molecule has 2 atom stereocenters. The van der Waals surface area contributed by atoms with Crippen molar-refractivity contribution >= 4 is 28.2 Å². The zero-order chi connectivity index (χ0) is 13.3. The van der Waals surface area contributed by atoms with Crippen LogP contribution in [0.15, 0.2) is 0 Å². The largest absolute Gasteiger partial charge is 0.350 e. The first kappa shape index (κ1) is 17.7. The fraction of sp³-hybridized carbons (Fsp3) is 0.909. The molecule has 0 saturated carbocycles. The first-order chi connectivity index (χ1) is 7.66. The molecular formula is C11H23ClN2O3S. The average molecular weight is 299 g/mol. The number of nitrogens with one attached hydrogen (secondary N) is 2. The number of hydrogen-bond donors (Lipinski definition) is 2. The molecule has 0 spiro atoms. The maximum Gasteiger partial charge on any atom is 0.241 e. The molecule has 0 aromatic heterocycles. The molecule has 1 aliphatic heterocycles. The van der Waals surface area contributed by atoms with Gasteiger partial charge in [0, 0.05) is 18.8 Å². The molecule has 1 saturated heterocycles. The molecule has 1 amide bonds. The zero-order valence-electron chi connectivity index (χ0n) is 11.3. The predicted octanol–water partition coefficient (Wildman–Crippen LogP) is 0.346. The second-order valence-corrected chi connectivity index (χ2v) is 7.90. The van der Waals surface area contributed by atoms with E-state index in [4.69, 9.17) is 0 Å². The number of halogens is 1. The summed E-state index contributed by atoms with van der Waals surface area (Å²) in [6, 6.07) is 0.0114. The summed E-state index contributed by atoms with van der Waals surface area (Å²) >= 11 is 0. The second-order valence-electron chi connectivity index (χ2n) is 5.33. The molecule has 1 heterocycles. The maximum absolute atomic E-state index is 12.0. The van der Waals surface area contributed by atoms with Gasteiger partial charge in [-0.15, -0.1) is 12.4 Å². The van der Waals surface area contributed by atoms with E-state index in [2.05, 4.69) is 17.6 Å². The van der Waals surface area contributed by atoms with E-state index in [1.165, 1.54) is 13.8 Å². The van der Waals surface area contributed by atoms with Crippen molar-refractivity contribution in [2.45, 2.75) is 38.0 Å². The Kier molecular flexibility index (Phi) is 6.10. The number of piperidine rings is 1. The summed E-state index contributed by atoms with van der Waals surface area (Å²) in [5, 5.41) is 6.03. The van der Waals surface area contributed by atoms with E-state index in [0.29, 0.717) is 12.5 Å². The van der Waals surface area contributed by atoms with Crippen molar-refractivity contribution in [1.29, 1.82) is 0 Å². The molecule has 108 valence electrons. The highest BCUT2D eigenvalue weighted by atomic mass is 35.5. The van der Waals surface area contributed by atoms with E-state index < -0.39 is 20.5 Å². The van der Waals surface area contributed by atoms with Gasteiger partial charge in [0.15, 0.2) is 9.84 Å². The molecule has 1 aliphatic rings. The molecule has 1 fully saturated rings. The Labute approximate surface area is 115 Å². The molecular weight excluding hydrogens is 276 g/mol. The van der Waals surface area contributed by atoms with Crippen LogP contribution < -0.4 is 10.6 Å². The maximum atomic E-state index is 12.0. The van der Waals surface area contributed by atoms with Crippen LogP contribution in [0.5, 0.6) is 0 Å². The molecule has 2 N–H and O–H groups in total. The van der Waals surface area contributed by atoms with Crippen molar-refractivity contribution < 1.29 is 13.2 Å². The van der Waals surface area contributed by atoms with E-state index in [-0.39, 0.29) is 18.4 Å². The van der Waals surface area contributed by atoms with Gasteiger partial charge < -0.3 is 10.6 Å². The zero-order valence-corrected chi connectivity index (χ0v) is 13.0. The number of carbonyl (C=O) groups is 1. The average Bonchev–Trinajstić information content (AvgIpc) is 2.19. The Morgan fingerprint density at radius 1 is 1.39 bits per heavy atom. The lowest BCUT2D eigenvalue weighted by Gasteiger charge is -2.33. The smallest absolute Gasteiger partial charge is 0.241 e. The van der Waals surface area contributed by atoms with E-state index in [0.717, 1.165) is 19.2 Å². The Morgan fingerprint density at radius 3 is 2.39 bits per heavy atom. The summed E-state index contributed by atoms with van der Waals surface area (Å²) in [5.41, 5.74) is 0. The summed E-state index contributed by atoms with van der Waals surface area (Å²) < 4.78 is 21.7. The van der Waals surface area contributed by atoms with Crippen molar-refractivity contribution in [2.24, 2.45) is 5.92 Å². The molecule has 5 nitrogen and oxygen atoms in total. The summed E-state index contributed by atoms with van der Waals surface area (Å²) in [6.07, 6.45) is 2.08. The van der Waals surface area contributed by atoms with Crippen LogP contribution in [-0.2, 0) is 14.6 Å². The molecule has 0 aromatic carbocycles. The minimum Gasteiger partial charge on any atom is -0.350 e. The molecule has 0 bridgehead atoms. The van der Waals surface area contributed by atoms with Gasteiger partial charge >= 0.3 is 0 Å². The molecule has 18 heavy (non-hydrogen) atoms. The fourth-order valence-electron chi connectivity index (χ4n) is 1.69. The Hall–Kier alpha value is -0.330. The van der Waals surface area contributed by atoms with Crippen LogP contribution in [0, 0.1) is 5.92 Å². The van der Waals surface area contributed by atoms with Crippen LogP contribution in [0.4, 0.5) is 0 Å².